The van der Waals surface area contributed by atoms with Gasteiger partial charge in [-0.3, -0.25) is 0 Å². The second-order valence-electron chi connectivity index (χ2n) is 7.16. The maximum absolute atomic E-state index is 8.88. The largest absolute Gasteiger partial charge is 0.396 e. The summed E-state index contributed by atoms with van der Waals surface area (Å²) in [6, 6.07) is 0.713. The summed E-state index contributed by atoms with van der Waals surface area (Å²) in [5.74, 6) is 0. The lowest BCUT2D eigenvalue weighted by Crippen LogP contribution is -2.27. The average Bonchev–Trinajstić information content (AvgIpc) is 2.50. The monoisotopic (exact) mass is 313 g/mol. The van der Waals surface area contributed by atoms with E-state index < -0.39 is 0 Å². The summed E-state index contributed by atoms with van der Waals surface area (Å²) in [5.41, 5.74) is 0. The van der Waals surface area contributed by atoms with Gasteiger partial charge < -0.3 is 10.0 Å². The van der Waals surface area contributed by atoms with Gasteiger partial charge in [-0.2, -0.15) is 0 Å². The normalized spacial score (nSPS) is 13.0. The quantitative estimate of drug-likeness (QED) is 0.344. The fourth-order valence-corrected chi connectivity index (χ4v) is 3.20. The first kappa shape index (κ1) is 21.9. The van der Waals surface area contributed by atoms with Gasteiger partial charge in [-0.25, -0.2) is 0 Å². The number of nitrogens with zero attached hydrogens (tertiary/aromatic N) is 1. The van der Waals surface area contributed by atoms with Crippen molar-refractivity contribution in [1.82, 2.24) is 4.90 Å². The van der Waals surface area contributed by atoms with Gasteiger partial charge >= 0.3 is 0 Å². The molecule has 0 fully saturated rings. The lowest BCUT2D eigenvalue weighted by atomic mass is 10.0. The van der Waals surface area contributed by atoms with Gasteiger partial charge in [0.15, 0.2) is 0 Å². The number of aliphatic hydroxyl groups excluding tert-OH is 1. The third kappa shape index (κ3) is 14.8. The summed E-state index contributed by atoms with van der Waals surface area (Å²) < 4.78 is 0. The molecule has 0 aliphatic carbocycles. The number of rotatable bonds is 17. The number of hydrogen-bond donors (Lipinski definition) is 1. The van der Waals surface area contributed by atoms with Crippen LogP contribution in [0.2, 0.25) is 0 Å². The lowest BCUT2D eigenvalue weighted by molar-refractivity contribution is 0.236. The molecule has 0 bridgehead atoms. The van der Waals surface area contributed by atoms with Crippen molar-refractivity contribution in [3.05, 3.63) is 0 Å². The highest BCUT2D eigenvalue weighted by molar-refractivity contribution is 4.66. The molecule has 0 radical (unpaired) electrons. The Morgan fingerprint density at radius 2 is 1.05 bits per heavy atom. The molecular formula is C20H43NO. The van der Waals surface area contributed by atoms with E-state index in [0.29, 0.717) is 12.6 Å². The number of hydrogen-bond acceptors (Lipinski definition) is 2. The molecule has 0 saturated carbocycles. The first-order valence-corrected chi connectivity index (χ1v) is 9.99. The summed E-state index contributed by atoms with van der Waals surface area (Å²) in [6.45, 7) is 2.63. The maximum atomic E-state index is 8.88. The van der Waals surface area contributed by atoms with Crippen molar-refractivity contribution in [3.63, 3.8) is 0 Å². The van der Waals surface area contributed by atoms with Gasteiger partial charge in [0.05, 0.1) is 0 Å². The zero-order valence-electron chi connectivity index (χ0n) is 15.8. The fourth-order valence-electron chi connectivity index (χ4n) is 3.20. The van der Waals surface area contributed by atoms with Crippen LogP contribution in [0.25, 0.3) is 0 Å². The Hall–Kier alpha value is -0.0800. The Morgan fingerprint density at radius 3 is 1.45 bits per heavy atom. The molecule has 2 nitrogen and oxygen atoms in total. The molecule has 2 heteroatoms. The molecule has 0 heterocycles. The molecule has 0 aliphatic heterocycles. The van der Waals surface area contributed by atoms with E-state index in [0.717, 1.165) is 12.8 Å². The Morgan fingerprint density at radius 1 is 0.636 bits per heavy atom. The van der Waals surface area contributed by atoms with Crippen LogP contribution in [0, 0.1) is 0 Å². The highest BCUT2D eigenvalue weighted by Gasteiger charge is 2.10. The third-order valence-corrected chi connectivity index (χ3v) is 4.82. The minimum absolute atomic E-state index is 0.346. The van der Waals surface area contributed by atoms with Crippen LogP contribution in [0.3, 0.4) is 0 Å². The molecule has 1 atom stereocenters. The van der Waals surface area contributed by atoms with Gasteiger partial charge in [0.25, 0.3) is 0 Å². The Labute approximate surface area is 140 Å². The van der Waals surface area contributed by atoms with Gasteiger partial charge in [-0.1, -0.05) is 77.6 Å². The van der Waals surface area contributed by atoms with Crippen molar-refractivity contribution in [3.8, 4) is 0 Å². The van der Waals surface area contributed by atoms with Crippen molar-refractivity contribution < 1.29 is 5.11 Å². The maximum Gasteiger partial charge on any atom is 0.0431 e. The highest BCUT2D eigenvalue weighted by Crippen LogP contribution is 2.16. The predicted molar refractivity (Wildman–Crippen MR) is 99.5 cm³/mol. The van der Waals surface area contributed by atoms with Gasteiger partial charge in [-0.05, 0) is 39.8 Å². The standard InChI is InChI=1S/C20H43NO/c1-4-5-6-7-8-9-10-11-12-13-14-17-20(21(2)3)18-15-16-19-22/h20,22H,4-19H2,1-3H3. The van der Waals surface area contributed by atoms with Crippen LogP contribution >= 0.6 is 0 Å². The predicted octanol–water partition coefficient (Wildman–Crippen LogP) is 5.78. The lowest BCUT2D eigenvalue weighted by Gasteiger charge is -2.24. The van der Waals surface area contributed by atoms with E-state index in [2.05, 4.69) is 25.9 Å². The summed E-state index contributed by atoms with van der Waals surface area (Å²) >= 11 is 0. The second-order valence-corrected chi connectivity index (χ2v) is 7.16. The van der Waals surface area contributed by atoms with Crippen LogP contribution in [-0.2, 0) is 0 Å². The SMILES string of the molecule is CCCCCCCCCCCCCC(CCCCO)N(C)C. The van der Waals surface area contributed by atoms with Gasteiger partial charge in [0.1, 0.15) is 0 Å². The van der Waals surface area contributed by atoms with Crippen LogP contribution in [0.1, 0.15) is 103 Å². The summed E-state index contributed by atoms with van der Waals surface area (Å²) in [7, 11) is 4.39. The minimum Gasteiger partial charge on any atom is -0.396 e. The minimum atomic E-state index is 0.346. The van der Waals surface area contributed by atoms with Crippen LogP contribution < -0.4 is 0 Å². The Kier molecular flexibility index (Phi) is 17.2. The van der Waals surface area contributed by atoms with E-state index in [-0.39, 0.29) is 0 Å². The van der Waals surface area contributed by atoms with Crippen molar-refractivity contribution >= 4 is 0 Å². The summed E-state index contributed by atoms with van der Waals surface area (Å²) in [6.07, 6.45) is 20.3. The van der Waals surface area contributed by atoms with Crippen molar-refractivity contribution in [2.45, 2.75) is 109 Å². The van der Waals surface area contributed by atoms with E-state index in [9.17, 15) is 0 Å². The molecule has 134 valence electrons. The molecule has 0 aromatic heterocycles. The Bertz CT molecular complexity index is 206. The molecule has 1 unspecified atom stereocenters. The zero-order chi connectivity index (χ0) is 16.5. The van der Waals surface area contributed by atoms with Gasteiger partial charge in [0, 0.05) is 12.6 Å². The molecule has 0 aliphatic rings. The fraction of sp³-hybridized carbons (Fsp3) is 1.00. The van der Waals surface area contributed by atoms with E-state index in [1.165, 1.54) is 83.5 Å². The molecule has 1 N–H and O–H groups in total. The van der Waals surface area contributed by atoms with Gasteiger partial charge in [-0.15, -0.1) is 0 Å². The van der Waals surface area contributed by atoms with Crippen LogP contribution in [0.5, 0.6) is 0 Å². The smallest absolute Gasteiger partial charge is 0.0431 e. The van der Waals surface area contributed by atoms with Crippen LogP contribution in [0.15, 0.2) is 0 Å². The molecule has 0 spiro atoms. The zero-order valence-corrected chi connectivity index (χ0v) is 15.8. The van der Waals surface area contributed by atoms with Crippen LogP contribution in [0.4, 0.5) is 0 Å². The number of unbranched alkanes of at least 4 members (excludes halogenated alkanes) is 11. The molecule has 0 rings (SSSR count). The first-order valence-electron chi connectivity index (χ1n) is 9.99. The molecular weight excluding hydrogens is 270 g/mol. The average molecular weight is 314 g/mol. The van der Waals surface area contributed by atoms with Gasteiger partial charge in [0.2, 0.25) is 0 Å². The first-order chi connectivity index (χ1) is 10.7. The topological polar surface area (TPSA) is 23.5 Å². The van der Waals surface area contributed by atoms with E-state index in [1.54, 1.807) is 0 Å². The van der Waals surface area contributed by atoms with Crippen LogP contribution in [-0.4, -0.2) is 36.8 Å². The van der Waals surface area contributed by atoms with Crippen molar-refractivity contribution in [1.29, 1.82) is 0 Å². The molecule has 0 saturated heterocycles. The van der Waals surface area contributed by atoms with Crippen molar-refractivity contribution in [2.24, 2.45) is 0 Å². The number of aliphatic hydroxyl groups is 1. The third-order valence-electron chi connectivity index (χ3n) is 4.82. The molecule has 0 amide bonds. The van der Waals surface area contributed by atoms with E-state index in [1.807, 2.05) is 0 Å². The summed E-state index contributed by atoms with van der Waals surface area (Å²) in [5, 5.41) is 8.88. The summed E-state index contributed by atoms with van der Waals surface area (Å²) in [4.78, 5) is 2.37. The van der Waals surface area contributed by atoms with E-state index in [4.69, 9.17) is 5.11 Å². The molecule has 0 aromatic rings. The molecule has 0 aromatic carbocycles. The highest BCUT2D eigenvalue weighted by atomic mass is 16.2. The second kappa shape index (κ2) is 17.3. The van der Waals surface area contributed by atoms with Crippen molar-refractivity contribution in [2.75, 3.05) is 20.7 Å². The molecule has 22 heavy (non-hydrogen) atoms. The Balaban J connectivity index is 3.34. The van der Waals surface area contributed by atoms with E-state index >= 15 is 0 Å².